The van der Waals surface area contributed by atoms with Crippen LogP contribution in [0, 0.1) is 0 Å². The molecule has 0 aromatic carbocycles. The Morgan fingerprint density at radius 3 is 2.45 bits per heavy atom. The molecule has 0 bridgehead atoms. The van der Waals surface area contributed by atoms with Gasteiger partial charge >= 0.3 is 15.4 Å². The Balaban J connectivity index is 3.34. The quantitative estimate of drug-likeness (QED) is 0.169. The molecule has 0 aromatic rings. The normalized spacial score (nSPS) is 12.6. The second-order valence-electron chi connectivity index (χ2n) is 1.48. The zero-order valence-corrected chi connectivity index (χ0v) is 5.71. The maximum absolute atomic E-state index is 8.38. The van der Waals surface area contributed by atoms with Gasteiger partial charge in [0.05, 0.1) is 0 Å². The summed E-state index contributed by atoms with van der Waals surface area (Å²) in [7, 11) is 0.714. The van der Waals surface area contributed by atoms with E-state index in [4.69, 9.17) is 15.2 Å². The molecule has 0 aliphatic carbocycles. The Bertz CT molecular complexity index is 76.2. The molecule has 0 aromatic heterocycles. The smallest absolute Gasteiger partial charge is 0.429 e. The van der Waals surface area contributed by atoms with E-state index < -0.39 is 6.29 Å². The second-order valence-corrected chi connectivity index (χ2v) is 1.48. The fourth-order valence-electron chi connectivity index (χ4n) is 0.399. The maximum Gasteiger partial charge on any atom is 0.522 e. The van der Waals surface area contributed by atoms with E-state index in [-0.39, 0.29) is 13.0 Å². The Hall–Kier alpha value is -0.110. The summed E-state index contributed by atoms with van der Waals surface area (Å²) in [4.78, 5) is 8.26. The predicted molar refractivity (Wildman–Crippen MR) is 34.7 cm³/mol. The first-order chi connectivity index (χ1) is 5.35. The molecule has 6 nitrogen and oxygen atoms in total. The molecule has 0 saturated carbocycles. The summed E-state index contributed by atoms with van der Waals surface area (Å²) in [6.45, 7) is -0.187. The molecule has 1 unspecified atom stereocenters. The van der Waals surface area contributed by atoms with Crippen LogP contribution in [0.25, 0.3) is 0 Å². The molecule has 0 amide bonds. The fraction of sp³-hybridized carbons (Fsp3) is 1.00. The molecule has 2 radical (unpaired) electrons. The van der Waals surface area contributed by atoms with E-state index in [0.717, 1.165) is 0 Å². The average molecular weight is 162 g/mol. The van der Waals surface area contributed by atoms with E-state index in [1.165, 1.54) is 0 Å². The summed E-state index contributed by atoms with van der Waals surface area (Å²) in [6.07, 6.45) is -0.821. The average Bonchev–Trinajstić information content (AvgIpc) is 2.01. The minimum atomic E-state index is -0.937. The molecule has 0 fully saturated rings. The Morgan fingerprint density at radius 2 is 2.00 bits per heavy atom. The van der Waals surface area contributed by atoms with Crippen molar-refractivity contribution in [1.82, 2.24) is 0 Å². The van der Waals surface area contributed by atoms with Crippen LogP contribution in [0.5, 0.6) is 0 Å². The van der Waals surface area contributed by atoms with Gasteiger partial charge in [-0.05, 0) is 0 Å². The highest BCUT2D eigenvalue weighted by molar-refractivity contribution is 6.16. The lowest BCUT2D eigenvalue weighted by Crippen LogP contribution is -2.22. The van der Waals surface area contributed by atoms with Crippen LogP contribution in [-0.2, 0) is 14.3 Å². The van der Waals surface area contributed by atoms with Gasteiger partial charge in [0.25, 0.3) is 0 Å². The molecule has 8 heteroatoms. The summed E-state index contributed by atoms with van der Waals surface area (Å²) in [5.41, 5.74) is 0. The Kier molecular flexibility index (Phi) is 7.91. The van der Waals surface area contributed by atoms with Crippen molar-refractivity contribution in [3.63, 3.8) is 0 Å². The van der Waals surface area contributed by atoms with Crippen LogP contribution in [0.3, 0.4) is 0 Å². The SMILES string of the molecule is O[B]OOC(CCO)O[B]O. The summed E-state index contributed by atoms with van der Waals surface area (Å²) in [5.74, 6) is 0. The van der Waals surface area contributed by atoms with Gasteiger partial charge in [0, 0.05) is 13.0 Å². The van der Waals surface area contributed by atoms with Crippen molar-refractivity contribution in [2.75, 3.05) is 6.61 Å². The zero-order valence-electron chi connectivity index (χ0n) is 5.71. The zero-order chi connectivity index (χ0) is 8.53. The Labute approximate surface area is 65.2 Å². The highest BCUT2D eigenvalue weighted by atomic mass is 17.2. The van der Waals surface area contributed by atoms with Crippen molar-refractivity contribution >= 4 is 15.4 Å². The van der Waals surface area contributed by atoms with E-state index in [1.54, 1.807) is 0 Å². The number of aliphatic hydroxyl groups is 1. The molecule has 0 saturated heterocycles. The van der Waals surface area contributed by atoms with Gasteiger partial charge in [-0.1, -0.05) is 0 Å². The lowest BCUT2D eigenvalue weighted by Gasteiger charge is -2.13. The van der Waals surface area contributed by atoms with Gasteiger partial charge in [0.1, 0.15) is 0 Å². The molecule has 1 atom stereocenters. The topological polar surface area (TPSA) is 88.4 Å². The van der Waals surface area contributed by atoms with Crippen molar-refractivity contribution in [2.24, 2.45) is 0 Å². The van der Waals surface area contributed by atoms with Gasteiger partial charge < -0.3 is 19.8 Å². The van der Waals surface area contributed by atoms with Crippen LogP contribution < -0.4 is 0 Å². The minimum absolute atomic E-state index is 0.116. The largest absolute Gasteiger partial charge is 0.522 e. The lowest BCUT2D eigenvalue weighted by atomic mass is 10.3. The third kappa shape index (κ3) is 6.29. The number of hydrogen-bond acceptors (Lipinski definition) is 6. The molecule has 0 rings (SSSR count). The summed E-state index contributed by atoms with van der Waals surface area (Å²) in [5, 5.41) is 24.5. The minimum Gasteiger partial charge on any atom is -0.429 e. The summed E-state index contributed by atoms with van der Waals surface area (Å²) < 4.78 is 4.38. The molecular formula is C3H8B2O6. The number of rotatable bonds is 7. The maximum atomic E-state index is 8.38. The molecule has 0 spiro atoms. The van der Waals surface area contributed by atoms with Crippen molar-refractivity contribution < 1.29 is 29.5 Å². The van der Waals surface area contributed by atoms with Crippen molar-refractivity contribution in [3.8, 4) is 0 Å². The first kappa shape index (κ1) is 10.9. The van der Waals surface area contributed by atoms with Crippen LogP contribution in [0.1, 0.15) is 6.42 Å². The number of hydrogen-bond donors (Lipinski definition) is 3. The highest BCUT2D eigenvalue weighted by Crippen LogP contribution is 1.98. The third-order valence-corrected chi connectivity index (χ3v) is 0.783. The van der Waals surface area contributed by atoms with Crippen molar-refractivity contribution in [1.29, 1.82) is 0 Å². The van der Waals surface area contributed by atoms with Crippen molar-refractivity contribution in [2.45, 2.75) is 12.7 Å². The van der Waals surface area contributed by atoms with Gasteiger partial charge in [-0.3, -0.25) is 4.81 Å². The van der Waals surface area contributed by atoms with E-state index in [0.29, 0.717) is 15.4 Å². The molecule has 0 heterocycles. The molecule has 11 heavy (non-hydrogen) atoms. The number of aliphatic hydroxyl groups excluding tert-OH is 1. The monoisotopic (exact) mass is 162 g/mol. The van der Waals surface area contributed by atoms with Gasteiger partial charge in [-0.25, -0.2) is 4.89 Å². The van der Waals surface area contributed by atoms with Gasteiger partial charge in [0.15, 0.2) is 6.29 Å². The van der Waals surface area contributed by atoms with E-state index >= 15 is 0 Å². The molecule has 0 aliphatic rings. The summed E-state index contributed by atoms with van der Waals surface area (Å²) in [6, 6.07) is 0. The van der Waals surface area contributed by atoms with Crippen LogP contribution in [0.15, 0.2) is 0 Å². The highest BCUT2D eigenvalue weighted by Gasteiger charge is 2.09. The van der Waals surface area contributed by atoms with E-state index in [9.17, 15) is 0 Å². The van der Waals surface area contributed by atoms with Gasteiger partial charge in [0.2, 0.25) is 0 Å². The van der Waals surface area contributed by atoms with Crippen LogP contribution >= 0.6 is 0 Å². The first-order valence-corrected chi connectivity index (χ1v) is 2.85. The van der Waals surface area contributed by atoms with Crippen LogP contribution in [-0.4, -0.2) is 43.4 Å². The standard InChI is InChI=1S/C3H8B2O6/c6-2-1-3(9-4-7)10-11-5-8/h3,6-8H,1-2H2. The fourth-order valence-corrected chi connectivity index (χ4v) is 0.399. The molecule has 62 valence electrons. The molecule has 3 N–H and O–H groups in total. The third-order valence-electron chi connectivity index (χ3n) is 0.783. The van der Waals surface area contributed by atoms with Gasteiger partial charge in [-0.15, -0.1) is 0 Å². The first-order valence-electron chi connectivity index (χ1n) is 2.85. The Morgan fingerprint density at radius 1 is 1.27 bits per heavy atom. The van der Waals surface area contributed by atoms with Crippen LogP contribution in [0.2, 0.25) is 0 Å². The molecular weight excluding hydrogens is 154 g/mol. The van der Waals surface area contributed by atoms with Crippen molar-refractivity contribution in [3.05, 3.63) is 0 Å². The van der Waals surface area contributed by atoms with E-state index in [1.807, 2.05) is 0 Å². The molecule has 0 aliphatic heterocycles. The van der Waals surface area contributed by atoms with E-state index in [2.05, 4.69) is 14.3 Å². The van der Waals surface area contributed by atoms with Crippen LogP contribution in [0.4, 0.5) is 0 Å². The predicted octanol–water partition coefficient (Wildman–Crippen LogP) is -2.29. The summed E-state index contributed by atoms with van der Waals surface area (Å²) >= 11 is 0. The lowest BCUT2D eigenvalue weighted by molar-refractivity contribution is -0.308. The second kappa shape index (κ2) is 7.99. The van der Waals surface area contributed by atoms with Gasteiger partial charge in [-0.2, -0.15) is 0 Å².